The summed E-state index contributed by atoms with van der Waals surface area (Å²) in [7, 11) is 0. The van der Waals surface area contributed by atoms with E-state index in [9.17, 15) is 4.79 Å². The highest BCUT2D eigenvalue weighted by Crippen LogP contribution is 2.48. The van der Waals surface area contributed by atoms with E-state index in [0.717, 1.165) is 19.3 Å². The summed E-state index contributed by atoms with van der Waals surface area (Å²) in [6.07, 6.45) is 6.27. The number of rotatable bonds is 3. The molecule has 0 radical (unpaired) electrons. The second-order valence-electron chi connectivity index (χ2n) is 6.75. The number of allylic oxidation sites excluding steroid dienone is 1. The van der Waals surface area contributed by atoms with Crippen LogP contribution in [0.1, 0.15) is 53.4 Å². The molecule has 108 valence electrons. The minimum Gasteiger partial charge on any atom is -0.300 e. The Kier molecular flexibility index (Phi) is 4.17. The summed E-state index contributed by atoms with van der Waals surface area (Å²) in [5.74, 6) is 1.89. The highest BCUT2D eigenvalue weighted by Gasteiger charge is 2.42. The first-order valence-electron chi connectivity index (χ1n) is 7.43. The summed E-state index contributed by atoms with van der Waals surface area (Å²) in [6, 6.07) is 0. The average molecular weight is 266 g/mol. The lowest BCUT2D eigenvalue weighted by Crippen LogP contribution is -2.39. The molecule has 1 fully saturated rings. The van der Waals surface area contributed by atoms with Crippen molar-refractivity contribution in [2.45, 2.75) is 59.0 Å². The van der Waals surface area contributed by atoms with Crippen LogP contribution >= 0.6 is 0 Å². The fourth-order valence-corrected chi connectivity index (χ4v) is 3.84. The minimum atomic E-state index is -0.572. The molecule has 5 atom stereocenters. The number of hydrogen-bond acceptors (Lipinski definition) is 3. The molecule has 0 aliphatic heterocycles. The Morgan fingerprint density at radius 1 is 1.47 bits per heavy atom. The molecule has 0 spiro atoms. The van der Waals surface area contributed by atoms with Gasteiger partial charge in [0.1, 0.15) is 11.4 Å². The molecule has 1 N–H and O–H groups in total. The van der Waals surface area contributed by atoms with Crippen LogP contribution in [0.4, 0.5) is 0 Å². The fourth-order valence-electron chi connectivity index (χ4n) is 3.84. The third kappa shape index (κ3) is 2.77. The highest BCUT2D eigenvalue weighted by atomic mass is 17.1. The molecule has 2 aliphatic carbocycles. The Balaban J connectivity index is 2.33. The van der Waals surface area contributed by atoms with E-state index in [2.05, 4.69) is 13.0 Å². The first-order chi connectivity index (χ1) is 8.88. The maximum atomic E-state index is 11.7. The van der Waals surface area contributed by atoms with E-state index in [1.165, 1.54) is 12.0 Å². The van der Waals surface area contributed by atoms with Crippen LogP contribution in [-0.4, -0.2) is 16.6 Å². The fraction of sp³-hybridized carbons (Fsp3) is 0.812. The molecule has 1 saturated carbocycles. The Morgan fingerprint density at radius 2 is 2.16 bits per heavy atom. The van der Waals surface area contributed by atoms with Gasteiger partial charge in [0.15, 0.2) is 0 Å². The van der Waals surface area contributed by atoms with Gasteiger partial charge in [-0.3, -0.25) is 10.1 Å². The molecule has 0 aromatic carbocycles. The molecule has 3 nitrogen and oxygen atoms in total. The molecule has 0 amide bonds. The summed E-state index contributed by atoms with van der Waals surface area (Å²) in [5, 5.41) is 9.13. The second-order valence-corrected chi connectivity index (χ2v) is 6.75. The van der Waals surface area contributed by atoms with Crippen LogP contribution in [0.5, 0.6) is 0 Å². The molecule has 0 aromatic heterocycles. The molecule has 0 bridgehead atoms. The van der Waals surface area contributed by atoms with E-state index in [1.807, 2.05) is 13.8 Å². The second kappa shape index (κ2) is 5.37. The average Bonchev–Trinajstić information content (AvgIpc) is 2.38. The van der Waals surface area contributed by atoms with Crippen molar-refractivity contribution in [2.75, 3.05) is 0 Å². The molecule has 2 aliphatic rings. The maximum Gasteiger partial charge on any atom is 0.133 e. The molecule has 0 heterocycles. The Bertz CT molecular complexity index is 387. The van der Waals surface area contributed by atoms with Gasteiger partial charge in [-0.15, -0.1) is 0 Å². The summed E-state index contributed by atoms with van der Waals surface area (Å²) < 4.78 is 0. The van der Waals surface area contributed by atoms with Gasteiger partial charge in [0.2, 0.25) is 0 Å². The number of carbonyl (C=O) groups excluding carboxylic acids is 1. The Labute approximate surface area is 116 Å². The summed E-state index contributed by atoms with van der Waals surface area (Å²) in [4.78, 5) is 16.4. The van der Waals surface area contributed by atoms with Gasteiger partial charge in [-0.1, -0.05) is 25.5 Å². The van der Waals surface area contributed by atoms with Crippen molar-refractivity contribution in [3.63, 3.8) is 0 Å². The summed E-state index contributed by atoms with van der Waals surface area (Å²) in [5.41, 5.74) is 0.779. The van der Waals surface area contributed by atoms with Crippen molar-refractivity contribution in [2.24, 2.45) is 23.7 Å². The SMILES string of the molecule is CC(=O)[C@H](C)C1CC[C@@H](C)[C@@H]2CC[C@@](C)(OO)C=C12. The van der Waals surface area contributed by atoms with E-state index in [-0.39, 0.29) is 11.7 Å². The molecule has 1 unspecified atom stereocenters. The topological polar surface area (TPSA) is 46.5 Å². The number of hydrogen-bond donors (Lipinski definition) is 1. The van der Waals surface area contributed by atoms with Gasteiger partial charge < -0.3 is 0 Å². The van der Waals surface area contributed by atoms with E-state index in [1.54, 1.807) is 6.92 Å². The van der Waals surface area contributed by atoms with Crippen molar-refractivity contribution < 1.29 is 14.9 Å². The lowest BCUT2D eigenvalue weighted by Gasteiger charge is -2.44. The van der Waals surface area contributed by atoms with Crippen LogP contribution in [0.2, 0.25) is 0 Å². The first kappa shape index (κ1) is 14.7. The first-order valence-corrected chi connectivity index (χ1v) is 7.43. The molecular formula is C16H26O3. The zero-order chi connectivity index (χ0) is 14.2. The van der Waals surface area contributed by atoms with Crippen LogP contribution in [0, 0.1) is 23.7 Å². The van der Waals surface area contributed by atoms with Crippen molar-refractivity contribution in [3.05, 3.63) is 11.6 Å². The van der Waals surface area contributed by atoms with Crippen LogP contribution in [0.3, 0.4) is 0 Å². The minimum absolute atomic E-state index is 0.0716. The lowest BCUT2D eigenvalue weighted by atomic mass is 9.62. The summed E-state index contributed by atoms with van der Waals surface area (Å²) in [6.45, 7) is 7.94. The maximum absolute atomic E-state index is 11.7. The van der Waals surface area contributed by atoms with Gasteiger partial charge in [-0.25, -0.2) is 4.89 Å². The third-order valence-corrected chi connectivity index (χ3v) is 5.35. The summed E-state index contributed by atoms with van der Waals surface area (Å²) >= 11 is 0. The monoisotopic (exact) mass is 266 g/mol. The van der Waals surface area contributed by atoms with Gasteiger partial charge >= 0.3 is 0 Å². The van der Waals surface area contributed by atoms with Gasteiger partial charge in [0, 0.05) is 5.92 Å². The molecule has 19 heavy (non-hydrogen) atoms. The predicted molar refractivity (Wildman–Crippen MR) is 74.7 cm³/mol. The van der Waals surface area contributed by atoms with Gasteiger partial charge in [-0.05, 0) is 57.3 Å². The van der Waals surface area contributed by atoms with Crippen LogP contribution in [0.15, 0.2) is 11.6 Å². The Morgan fingerprint density at radius 3 is 2.74 bits per heavy atom. The molecule has 3 heteroatoms. The Hall–Kier alpha value is -0.670. The number of carbonyl (C=O) groups is 1. The molecule has 0 aromatic rings. The van der Waals surface area contributed by atoms with Crippen molar-refractivity contribution in [1.82, 2.24) is 0 Å². The van der Waals surface area contributed by atoms with Crippen LogP contribution in [0.25, 0.3) is 0 Å². The quantitative estimate of drug-likeness (QED) is 0.479. The van der Waals surface area contributed by atoms with Crippen molar-refractivity contribution in [3.8, 4) is 0 Å². The van der Waals surface area contributed by atoms with Gasteiger partial charge in [-0.2, -0.15) is 0 Å². The van der Waals surface area contributed by atoms with Crippen LogP contribution in [-0.2, 0) is 9.68 Å². The standard InChI is InChI=1S/C16H26O3/c1-10-5-6-14(11(2)12(3)17)15-9-16(4,19-18)8-7-13(10)15/h9-11,13-14,18H,5-8H2,1-4H3/t10-,11+,13+,14?,16-/m1/s1. The molecular weight excluding hydrogens is 240 g/mol. The largest absolute Gasteiger partial charge is 0.300 e. The zero-order valence-electron chi connectivity index (χ0n) is 12.5. The van der Waals surface area contributed by atoms with E-state index in [0.29, 0.717) is 17.8 Å². The smallest absolute Gasteiger partial charge is 0.133 e. The van der Waals surface area contributed by atoms with E-state index >= 15 is 0 Å². The van der Waals surface area contributed by atoms with E-state index in [4.69, 9.17) is 10.1 Å². The number of fused-ring (bicyclic) bond motifs is 1. The molecule has 0 saturated heterocycles. The zero-order valence-corrected chi connectivity index (χ0v) is 12.5. The van der Waals surface area contributed by atoms with E-state index < -0.39 is 5.60 Å². The van der Waals surface area contributed by atoms with Gasteiger partial charge in [0.05, 0.1) is 0 Å². The molecule has 2 rings (SSSR count). The normalized spacial score (nSPS) is 40.3. The number of Topliss-reactive ketones (excluding diaryl/α,β-unsaturated/α-hetero) is 1. The van der Waals surface area contributed by atoms with Crippen molar-refractivity contribution >= 4 is 5.78 Å². The van der Waals surface area contributed by atoms with Crippen LogP contribution < -0.4 is 0 Å². The lowest BCUT2D eigenvalue weighted by molar-refractivity contribution is -0.306. The van der Waals surface area contributed by atoms with Gasteiger partial charge in [0.25, 0.3) is 0 Å². The third-order valence-electron chi connectivity index (χ3n) is 5.35. The predicted octanol–water partition coefficient (Wildman–Crippen LogP) is 3.84. The van der Waals surface area contributed by atoms with Crippen molar-refractivity contribution in [1.29, 1.82) is 0 Å². The highest BCUT2D eigenvalue weighted by molar-refractivity contribution is 5.78. The number of ketones is 1.